The summed E-state index contributed by atoms with van der Waals surface area (Å²) in [5.41, 5.74) is 4.95. The zero-order valence-corrected chi connectivity index (χ0v) is 16.7. The van der Waals surface area contributed by atoms with Crippen molar-refractivity contribution in [1.82, 2.24) is 10.9 Å². The van der Waals surface area contributed by atoms with E-state index in [1.807, 2.05) is 6.92 Å². The number of halogens is 1. The van der Waals surface area contributed by atoms with Gasteiger partial charge in [-0.15, -0.1) is 0 Å². The Morgan fingerprint density at radius 2 is 1.83 bits per heavy atom. The summed E-state index contributed by atoms with van der Waals surface area (Å²) in [7, 11) is 0. The van der Waals surface area contributed by atoms with Gasteiger partial charge in [-0.2, -0.15) is 0 Å². The van der Waals surface area contributed by atoms with Crippen LogP contribution >= 0.6 is 0 Å². The number of amides is 2. The van der Waals surface area contributed by atoms with E-state index >= 15 is 0 Å². The molecule has 2 amide bonds. The predicted molar refractivity (Wildman–Crippen MR) is 109 cm³/mol. The summed E-state index contributed by atoms with van der Waals surface area (Å²) in [5.74, 6) is -0.365. The minimum atomic E-state index is -0.741. The molecule has 7 heteroatoms. The van der Waals surface area contributed by atoms with Crippen molar-refractivity contribution < 1.29 is 23.5 Å². The maximum atomic E-state index is 13.6. The van der Waals surface area contributed by atoms with Crippen molar-refractivity contribution in [3.63, 3.8) is 0 Å². The Kier molecular flexibility index (Phi) is 8.21. The van der Waals surface area contributed by atoms with Crippen LogP contribution in [-0.4, -0.2) is 25.0 Å². The molecular formula is C22H25FN2O4. The van der Waals surface area contributed by atoms with Crippen LogP contribution in [0.2, 0.25) is 0 Å². The lowest BCUT2D eigenvalue weighted by Gasteiger charge is -2.14. The minimum Gasteiger partial charge on any atom is -0.490 e. The second-order valence-corrected chi connectivity index (χ2v) is 6.60. The standard InChI is InChI=1S/C22H25FN2O4/c1-4-28-20-13-16(9-11-19(20)29-14-15(2)3)10-12-21(26)24-25-22(27)17-7-5-6-8-18(17)23/h5-13,15H,4,14H2,1-3H3,(H,24,26)(H,25,27)/b12-10+. The van der Waals surface area contributed by atoms with Gasteiger partial charge in [0.2, 0.25) is 0 Å². The van der Waals surface area contributed by atoms with Gasteiger partial charge in [0.15, 0.2) is 11.5 Å². The highest BCUT2D eigenvalue weighted by atomic mass is 19.1. The molecule has 6 nitrogen and oxygen atoms in total. The third-order valence-corrected chi connectivity index (χ3v) is 3.68. The fraction of sp³-hybridized carbons (Fsp3) is 0.273. The van der Waals surface area contributed by atoms with Gasteiger partial charge in [0.05, 0.1) is 18.8 Å². The van der Waals surface area contributed by atoms with Crippen molar-refractivity contribution in [3.8, 4) is 11.5 Å². The van der Waals surface area contributed by atoms with Crippen molar-refractivity contribution in [2.24, 2.45) is 5.92 Å². The quantitative estimate of drug-likeness (QED) is 0.523. The summed E-state index contributed by atoms with van der Waals surface area (Å²) in [4.78, 5) is 23.8. The lowest BCUT2D eigenvalue weighted by Crippen LogP contribution is -2.41. The highest BCUT2D eigenvalue weighted by Gasteiger charge is 2.11. The predicted octanol–water partition coefficient (Wildman–Crippen LogP) is 3.73. The van der Waals surface area contributed by atoms with Crippen LogP contribution < -0.4 is 20.3 Å². The molecule has 0 fully saturated rings. The highest BCUT2D eigenvalue weighted by Crippen LogP contribution is 2.29. The van der Waals surface area contributed by atoms with Gasteiger partial charge in [-0.05, 0) is 48.7 Å². The Labute approximate surface area is 169 Å². The Morgan fingerprint density at radius 1 is 1.07 bits per heavy atom. The van der Waals surface area contributed by atoms with Crippen LogP contribution in [0.1, 0.15) is 36.7 Å². The van der Waals surface area contributed by atoms with Crippen molar-refractivity contribution in [2.45, 2.75) is 20.8 Å². The molecule has 0 heterocycles. The monoisotopic (exact) mass is 400 g/mol. The fourth-order valence-corrected chi connectivity index (χ4v) is 2.32. The van der Waals surface area contributed by atoms with Gasteiger partial charge in [0.1, 0.15) is 5.82 Å². The van der Waals surface area contributed by atoms with E-state index in [-0.39, 0.29) is 5.56 Å². The SMILES string of the molecule is CCOc1cc(/C=C/C(=O)NNC(=O)c2ccccc2F)ccc1OCC(C)C. The highest BCUT2D eigenvalue weighted by molar-refractivity contribution is 5.98. The first-order chi connectivity index (χ1) is 13.9. The molecule has 154 valence electrons. The lowest BCUT2D eigenvalue weighted by atomic mass is 10.2. The van der Waals surface area contributed by atoms with E-state index in [4.69, 9.17) is 9.47 Å². The van der Waals surface area contributed by atoms with E-state index in [1.165, 1.54) is 30.3 Å². The van der Waals surface area contributed by atoms with Gasteiger partial charge in [-0.3, -0.25) is 20.4 Å². The van der Waals surface area contributed by atoms with Crippen LogP contribution in [-0.2, 0) is 4.79 Å². The van der Waals surface area contributed by atoms with Crippen LogP contribution in [0.5, 0.6) is 11.5 Å². The second kappa shape index (κ2) is 10.8. The molecule has 0 aliphatic rings. The molecule has 2 aromatic carbocycles. The zero-order valence-electron chi connectivity index (χ0n) is 16.7. The molecular weight excluding hydrogens is 375 g/mol. The van der Waals surface area contributed by atoms with Gasteiger partial charge < -0.3 is 9.47 Å². The summed E-state index contributed by atoms with van der Waals surface area (Å²) in [6.45, 7) is 7.04. The molecule has 0 aliphatic heterocycles. The number of carbonyl (C=O) groups is 2. The van der Waals surface area contributed by atoms with Gasteiger partial charge in [-0.1, -0.05) is 32.0 Å². The molecule has 2 aromatic rings. The molecule has 2 rings (SSSR count). The molecule has 0 atom stereocenters. The molecule has 0 saturated heterocycles. The van der Waals surface area contributed by atoms with Gasteiger partial charge in [0.25, 0.3) is 11.8 Å². The number of hydrazine groups is 1. The largest absolute Gasteiger partial charge is 0.490 e. The van der Waals surface area contributed by atoms with Gasteiger partial charge in [0, 0.05) is 6.08 Å². The van der Waals surface area contributed by atoms with E-state index in [0.717, 1.165) is 5.56 Å². The molecule has 0 unspecified atom stereocenters. The Morgan fingerprint density at radius 3 is 2.52 bits per heavy atom. The number of hydrogen-bond donors (Lipinski definition) is 2. The maximum Gasteiger partial charge on any atom is 0.272 e. The average Bonchev–Trinajstić information content (AvgIpc) is 2.70. The third kappa shape index (κ3) is 6.95. The summed E-state index contributed by atoms with van der Waals surface area (Å²) >= 11 is 0. The fourth-order valence-electron chi connectivity index (χ4n) is 2.32. The molecule has 0 spiro atoms. The summed E-state index contributed by atoms with van der Waals surface area (Å²) in [5, 5.41) is 0. The zero-order chi connectivity index (χ0) is 21.2. The summed E-state index contributed by atoms with van der Waals surface area (Å²) < 4.78 is 24.9. The molecule has 0 aliphatic carbocycles. The van der Waals surface area contributed by atoms with Crippen LogP contribution in [0.25, 0.3) is 6.08 Å². The second-order valence-electron chi connectivity index (χ2n) is 6.60. The maximum absolute atomic E-state index is 13.6. The number of nitrogens with one attached hydrogen (secondary N) is 2. The first kappa shape index (κ1) is 21.9. The van der Waals surface area contributed by atoms with E-state index in [0.29, 0.717) is 30.6 Å². The van der Waals surface area contributed by atoms with Crippen molar-refractivity contribution in [2.75, 3.05) is 13.2 Å². The van der Waals surface area contributed by atoms with Crippen LogP contribution in [0.3, 0.4) is 0 Å². The Balaban J connectivity index is 1.97. The van der Waals surface area contributed by atoms with Crippen molar-refractivity contribution >= 4 is 17.9 Å². The Hall–Kier alpha value is -3.35. The smallest absolute Gasteiger partial charge is 0.272 e. The molecule has 0 aromatic heterocycles. The molecule has 0 saturated carbocycles. The minimum absolute atomic E-state index is 0.157. The summed E-state index contributed by atoms with van der Waals surface area (Å²) in [6.07, 6.45) is 2.82. The van der Waals surface area contributed by atoms with E-state index in [1.54, 1.807) is 24.3 Å². The molecule has 0 radical (unpaired) electrons. The number of carbonyl (C=O) groups excluding carboxylic acids is 2. The third-order valence-electron chi connectivity index (χ3n) is 3.68. The number of rotatable bonds is 8. The van der Waals surface area contributed by atoms with Crippen LogP contribution in [0, 0.1) is 11.7 Å². The van der Waals surface area contributed by atoms with Gasteiger partial charge in [-0.25, -0.2) is 4.39 Å². The number of hydrogen-bond acceptors (Lipinski definition) is 4. The summed E-state index contributed by atoms with van der Waals surface area (Å²) in [6, 6.07) is 10.8. The first-order valence-corrected chi connectivity index (χ1v) is 9.33. The van der Waals surface area contributed by atoms with Crippen molar-refractivity contribution in [1.29, 1.82) is 0 Å². The lowest BCUT2D eigenvalue weighted by molar-refractivity contribution is -0.117. The van der Waals surface area contributed by atoms with Crippen molar-refractivity contribution in [3.05, 3.63) is 65.5 Å². The molecule has 2 N–H and O–H groups in total. The average molecular weight is 400 g/mol. The van der Waals surface area contributed by atoms with E-state index in [2.05, 4.69) is 24.7 Å². The Bertz CT molecular complexity index is 881. The number of ether oxygens (including phenoxy) is 2. The first-order valence-electron chi connectivity index (χ1n) is 9.33. The van der Waals surface area contributed by atoms with Crippen LogP contribution in [0.15, 0.2) is 48.5 Å². The van der Waals surface area contributed by atoms with Crippen LogP contribution in [0.4, 0.5) is 4.39 Å². The topological polar surface area (TPSA) is 76.7 Å². The molecule has 29 heavy (non-hydrogen) atoms. The number of benzene rings is 2. The normalized spacial score (nSPS) is 10.8. The molecule has 0 bridgehead atoms. The van der Waals surface area contributed by atoms with E-state index < -0.39 is 17.6 Å². The van der Waals surface area contributed by atoms with E-state index in [9.17, 15) is 14.0 Å². The van der Waals surface area contributed by atoms with Gasteiger partial charge >= 0.3 is 0 Å².